The maximum absolute atomic E-state index is 11.5. The molecule has 0 spiro atoms. The molecule has 0 bridgehead atoms. The van der Waals surface area contributed by atoms with Crippen molar-refractivity contribution in [2.24, 2.45) is 5.41 Å². The maximum atomic E-state index is 11.5. The molecule has 0 saturated heterocycles. The van der Waals surface area contributed by atoms with Crippen molar-refractivity contribution >= 4 is 11.9 Å². The summed E-state index contributed by atoms with van der Waals surface area (Å²) in [6.07, 6.45) is -1.45. The Bertz CT molecular complexity index is 288. The summed E-state index contributed by atoms with van der Waals surface area (Å²) in [5, 5.41) is 21.1. The highest BCUT2D eigenvalue weighted by molar-refractivity contribution is 5.81. The topological polar surface area (TPSA) is 95.9 Å². The first kappa shape index (κ1) is 16.9. The lowest BCUT2D eigenvalue weighted by Gasteiger charge is -2.27. The summed E-state index contributed by atoms with van der Waals surface area (Å²) in [5.74, 6) is -1.01. The van der Waals surface area contributed by atoms with Crippen LogP contribution in [0.2, 0.25) is 0 Å². The van der Waals surface area contributed by atoms with E-state index in [0.29, 0.717) is 0 Å². The van der Waals surface area contributed by atoms with E-state index in [-0.39, 0.29) is 25.7 Å². The van der Waals surface area contributed by atoms with Crippen LogP contribution in [0.15, 0.2) is 0 Å². The Morgan fingerprint density at radius 1 is 1.33 bits per heavy atom. The zero-order valence-electron chi connectivity index (χ0n) is 11.4. The summed E-state index contributed by atoms with van der Waals surface area (Å²) in [5.41, 5.74) is -0.914. The van der Waals surface area contributed by atoms with Gasteiger partial charge in [0.1, 0.15) is 6.10 Å². The number of amides is 1. The largest absolute Gasteiger partial charge is 0.463 e. The number of hydrogen-bond acceptors (Lipinski definition) is 5. The molecule has 0 aromatic heterocycles. The third kappa shape index (κ3) is 5.97. The van der Waals surface area contributed by atoms with Gasteiger partial charge in [0, 0.05) is 12.0 Å². The summed E-state index contributed by atoms with van der Waals surface area (Å²) in [6.45, 7) is 6.42. The van der Waals surface area contributed by atoms with Gasteiger partial charge in [-0.15, -0.1) is 0 Å². The summed E-state index contributed by atoms with van der Waals surface area (Å²) >= 11 is 0. The van der Waals surface area contributed by atoms with Crippen molar-refractivity contribution < 1.29 is 24.5 Å². The van der Waals surface area contributed by atoms with E-state index in [4.69, 9.17) is 9.84 Å². The average Bonchev–Trinajstić information content (AvgIpc) is 2.26. The number of hydrogen-bond donors (Lipinski definition) is 3. The predicted molar refractivity (Wildman–Crippen MR) is 65.7 cm³/mol. The molecule has 6 heteroatoms. The fourth-order valence-corrected chi connectivity index (χ4v) is 1.15. The van der Waals surface area contributed by atoms with Crippen molar-refractivity contribution in [2.75, 3.05) is 13.2 Å². The van der Waals surface area contributed by atoms with E-state index in [2.05, 4.69) is 5.32 Å². The summed E-state index contributed by atoms with van der Waals surface area (Å²) in [4.78, 5) is 22.7. The van der Waals surface area contributed by atoms with Crippen molar-refractivity contribution in [3.8, 4) is 0 Å². The maximum Gasteiger partial charge on any atom is 0.307 e. The van der Waals surface area contributed by atoms with Gasteiger partial charge in [0.05, 0.1) is 19.1 Å². The Labute approximate surface area is 107 Å². The second-order valence-corrected chi connectivity index (χ2v) is 5.13. The predicted octanol–water partition coefficient (Wildman–Crippen LogP) is -0.176. The second kappa shape index (κ2) is 7.33. The smallest absolute Gasteiger partial charge is 0.307 e. The number of ether oxygens (including phenoxy) is 1. The lowest BCUT2D eigenvalue weighted by atomic mass is 9.87. The standard InChI is InChI=1S/C12H23NO5/c1-8(2)18-9(15)5-6-13-11(17)10(16)12(3,4)7-14/h8,10,14,16H,5-7H2,1-4H3,(H,13,17)/t10-/m0/s1. The molecule has 6 nitrogen and oxygen atoms in total. The molecule has 0 aliphatic carbocycles. The molecule has 0 aliphatic rings. The molecule has 0 heterocycles. The molecule has 0 rings (SSSR count). The first-order chi connectivity index (χ1) is 8.20. The van der Waals surface area contributed by atoms with E-state index in [1.165, 1.54) is 0 Å². The van der Waals surface area contributed by atoms with E-state index in [1.54, 1.807) is 27.7 Å². The highest BCUT2D eigenvalue weighted by Crippen LogP contribution is 2.19. The summed E-state index contributed by atoms with van der Waals surface area (Å²) in [7, 11) is 0. The zero-order chi connectivity index (χ0) is 14.3. The summed E-state index contributed by atoms with van der Waals surface area (Å²) < 4.78 is 4.89. The Kier molecular flexibility index (Phi) is 6.86. The van der Waals surface area contributed by atoms with Gasteiger partial charge in [-0.1, -0.05) is 13.8 Å². The number of carbonyl (C=O) groups is 2. The van der Waals surface area contributed by atoms with Crippen LogP contribution in [0.3, 0.4) is 0 Å². The average molecular weight is 261 g/mol. The Hall–Kier alpha value is -1.14. The molecule has 0 aliphatic heterocycles. The van der Waals surface area contributed by atoms with E-state index >= 15 is 0 Å². The third-order valence-corrected chi connectivity index (χ3v) is 2.39. The molecule has 0 unspecified atom stereocenters. The molecule has 1 amide bonds. The molecule has 0 fully saturated rings. The molecule has 0 aromatic rings. The van der Waals surface area contributed by atoms with Crippen molar-refractivity contribution in [2.45, 2.75) is 46.3 Å². The van der Waals surface area contributed by atoms with Gasteiger partial charge in [-0.3, -0.25) is 9.59 Å². The second-order valence-electron chi connectivity index (χ2n) is 5.13. The minimum absolute atomic E-state index is 0.0518. The Morgan fingerprint density at radius 3 is 2.33 bits per heavy atom. The molecule has 3 N–H and O–H groups in total. The highest BCUT2D eigenvalue weighted by Gasteiger charge is 2.32. The van der Waals surface area contributed by atoms with Gasteiger partial charge in [0.2, 0.25) is 5.91 Å². The number of carbonyl (C=O) groups excluding carboxylic acids is 2. The van der Waals surface area contributed by atoms with E-state index in [0.717, 1.165) is 0 Å². The van der Waals surface area contributed by atoms with Crippen LogP contribution in [0.4, 0.5) is 0 Å². The van der Waals surface area contributed by atoms with Crippen LogP contribution in [-0.2, 0) is 14.3 Å². The first-order valence-corrected chi connectivity index (χ1v) is 5.97. The molecular formula is C12H23NO5. The number of aliphatic hydroxyl groups excluding tert-OH is 2. The number of nitrogens with one attached hydrogen (secondary N) is 1. The van der Waals surface area contributed by atoms with Crippen LogP contribution in [0.25, 0.3) is 0 Å². The minimum Gasteiger partial charge on any atom is -0.463 e. The SMILES string of the molecule is CC(C)OC(=O)CCNC(=O)[C@H](O)C(C)(C)CO. The van der Waals surface area contributed by atoms with Crippen LogP contribution < -0.4 is 5.32 Å². The van der Waals surface area contributed by atoms with Gasteiger partial charge in [-0.25, -0.2) is 0 Å². The fourth-order valence-electron chi connectivity index (χ4n) is 1.15. The molecule has 1 atom stereocenters. The molecular weight excluding hydrogens is 238 g/mol. The molecule has 0 saturated carbocycles. The van der Waals surface area contributed by atoms with Crippen LogP contribution in [0, 0.1) is 5.41 Å². The number of rotatable bonds is 7. The molecule has 0 aromatic carbocycles. The third-order valence-electron chi connectivity index (χ3n) is 2.39. The fraction of sp³-hybridized carbons (Fsp3) is 0.833. The Morgan fingerprint density at radius 2 is 1.89 bits per heavy atom. The first-order valence-electron chi connectivity index (χ1n) is 5.97. The van der Waals surface area contributed by atoms with Gasteiger partial charge in [-0.2, -0.15) is 0 Å². The van der Waals surface area contributed by atoms with Gasteiger partial charge in [-0.05, 0) is 13.8 Å². The lowest BCUT2D eigenvalue weighted by Crippen LogP contribution is -2.46. The van der Waals surface area contributed by atoms with E-state index in [9.17, 15) is 14.7 Å². The number of aliphatic hydroxyl groups is 2. The van der Waals surface area contributed by atoms with Crippen molar-refractivity contribution in [3.63, 3.8) is 0 Å². The normalized spacial score (nSPS) is 13.3. The molecule has 18 heavy (non-hydrogen) atoms. The van der Waals surface area contributed by atoms with Crippen molar-refractivity contribution in [3.05, 3.63) is 0 Å². The van der Waals surface area contributed by atoms with Crippen LogP contribution >= 0.6 is 0 Å². The number of esters is 1. The minimum atomic E-state index is -1.32. The van der Waals surface area contributed by atoms with Crippen molar-refractivity contribution in [1.82, 2.24) is 5.32 Å². The quantitative estimate of drug-likeness (QED) is 0.553. The monoisotopic (exact) mass is 261 g/mol. The highest BCUT2D eigenvalue weighted by atomic mass is 16.5. The van der Waals surface area contributed by atoms with E-state index < -0.39 is 23.4 Å². The Balaban J connectivity index is 4.01. The van der Waals surface area contributed by atoms with Crippen LogP contribution in [0.1, 0.15) is 34.1 Å². The molecule has 106 valence electrons. The van der Waals surface area contributed by atoms with Gasteiger partial charge in [0.15, 0.2) is 0 Å². The lowest BCUT2D eigenvalue weighted by molar-refractivity contribution is -0.147. The van der Waals surface area contributed by atoms with Crippen LogP contribution in [0.5, 0.6) is 0 Å². The van der Waals surface area contributed by atoms with Crippen LogP contribution in [-0.4, -0.2) is 47.4 Å². The van der Waals surface area contributed by atoms with Crippen molar-refractivity contribution in [1.29, 1.82) is 0 Å². The molecule has 0 radical (unpaired) electrons. The van der Waals surface area contributed by atoms with Gasteiger partial charge >= 0.3 is 5.97 Å². The van der Waals surface area contributed by atoms with E-state index in [1.807, 2.05) is 0 Å². The summed E-state index contributed by atoms with van der Waals surface area (Å²) in [6, 6.07) is 0. The van der Waals surface area contributed by atoms with Gasteiger partial charge in [0.25, 0.3) is 0 Å². The zero-order valence-corrected chi connectivity index (χ0v) is 11.4. The van der Waals surface area contributed by atoms with Gasteiger partial charge < -0.3 is 20.3 Å².